The molecule has 194 valence electrons. The van der Waals surface area contributed by atoms with Gasteiger partial charge in [-0.1, -0.05) is 17.3 Å². The van der Waals surface area contributed by atoms with Gasteiger partial charge < -0.3 is 14.8 Å². The van der Waals surface area contributed by atoms with E-state index in [-0.39, 0.29) is 17.7 Å². The minimum atomic E-state index is -4.58. The maximum Gasteiger partial charge on any atom is 0.419 e. The highest BCUT2D eigenvalue weighted by Gasteiger charge is 2.37. The van der Waals surface area contributed by atoms with Gasteiger partial charge in [0.2, 0.25) is 5.95 Å². The number of nitrogens with zero attached hydrogens (tertiary/aromatic N) is 4. The predicted octanol–water partition coefficient (Wildman–Crippen LogP) is 6.34. The number of fused-ring (bicyclic) bond motifs is 1. The fourth-order valence-corrected chi connectivity index (χ4v) is 6.02. The van der Waals surface area contributed by atoms with E-state index < -0.39 is 11.7 Å². The first-order valence-corrected chi connectivity index (χ1v) is 12.8. The molecule has 2 N–H and O–H groups in total. The Morgan fingerprint density at radius 3 is 2.65 bits per heavy atom. The van der Waals surface area contributed by atoms with Crippen molar-refractivity contribution in [1.29, 1.82) is 0 Å². The summed E-state index contributed by atoms with van der Waals surface area (Å²) in [6, 6.07) is 6.09. The van der Waals surface area contributed by atoms with E-state index in [1.54, 1.807) is 6.20 Å². The zero-order valence-electron chi connectivity index (χ0n) is 20.8. The molecule has 2 aliphatic rings. The summed E-state index contributed by atoms with van der Waals surface area (Å²) in [5, 5.41) is 8.04. The van der Waals surface area contributed by atoms with Gasteiger partial charge in [-0.05, 0) is 70.7 Å². The Morgan fingerprint density at radius 1 is 1.11 bits per heavy atom. The van der Waals surface area contributed by atoms with E-state index in [9.17, 15) is 13.2 Å². The van der Waals surface area contributed by atoms with E-state index in [2.05, 4.69) is 30.3 Å². The number of halogens is 3. The van der Waals surface area contributed by atoms with Crippen molar-refractivity contribution in [2.45, 2.75) is 64.2 Å². The Labute approximate surface area is 212 Å². The molecule has 0 unspecified atom stereocenters. The lowest BCUT2D eigenvalue weighted by atomic mass is 10.0. The van der Waals surface area contributed by atoms with E-state index in [4.69, 9.17) is 4.52 Å². The number of aromatic amines is 1. The van der Waals surface area contributed by atoms with Crippen LogP contribution in [0.25, 0.3) is 33.3 Å². The first kappa shape index (κ1) is 24.0. The maximum atomic E-state index is 14.0. The van der Waals surface area contributed by atoms with Crippen molar-refractivity contribution >= 4 is 16.9 Å². The molecule has 2 atom stereocenters. The Hall–Kier alpha value is -3.40. The third-order valence-corrected chi connectivity index (χ3v) is 7.76. The number of aryl methyl sites for hydroxylation is 2. The molecule has 7 nitrogen and oxygen atoms in total. The molecule has 2 fully saturated rings. The number of nitrogens with one attached hydrogen (secondary N) is 2. The maximum absolute atomic E-state index is 14.0. The summed E-state index contributed by atoms with van der Waals surface area (Å²) < 4.78 is 47.4. The van der Waals surface area contributed by atoms with Gasteiger partial charge in [0.25, 0.3) is 0 Å². The summed E-state index contributed by atoms with van der Waals surface area (Å²) >= 11 is 0. The average Bonchev–Trinajstić information content (AvgIpc) is 3.65. The van der Waals surface area contributed by atoms with Crippen LogP contribution in [0.5, 0.6) is 0 Å². The van der Waals surface area contributed by atoms with Crippen molar-refractivity contribution < 1.29 is 17.7 Å². The minimum Gasteiger partial charge on any atom is -0.361 e. The molecule has 4 heterocycles. The number of benzene rings is 1. The van der Waals surface area contributed by atoms with Crippen LogP contribution in [-0.2, 0) is 6.18 Å². The topological polar surface area (TPSA) is 82.9 Å². The van der Waals surface area contributed by atoms with Crippen LogP contribution in [-0.4, -0.2) is 50.2 Å². The van der Waals surface area contributed by atoms with Crippen molar-refractivity contribution in [2.75, 3.05) is 18.4 Å². The Balaban J connectivity index is 1.37. The fourth-order valence-electron chi connectivity index (χ4n) is 6.02. The normalized spacial score (nSPS) is 20.8. The van der Waals surface area contributed by atoms with Crippen LogP contribution in [0, 0.1) is 13.8 Å². The standard InChI is InChI=1S/C27H29F3N6O/c1-15-24(16(2)37-35-15)17-8-9-18-19(13-31-22(18)12-17)25-20(27(28,29)30)14-32-26(34-25)33-21-6-5-7-23(21)36-10-3-4-11-36/h8-9,12-14,21,23,31H,3-7,10-11H2,1-2H3,(H,32,33,34)/t21-,23-/m0/s1. The van der Waals surface area contributed by atoms with Gasteiger partial charge in [0.15, 0.2) is 0 Å². The summed E-state index contributed by atoms with van der Waals surface area (Å²) in [4.78, 5) is 14.2. The Bertz CT molecular complexity index is 1420. The highest BCUT2D eigenvalue weighted by Crippen LogP contribution is 2.40. The fraction of sp³-hybridized carbons (Fsp3) is 0.444. The van der Waals surface area contributed by atoms with Gasteiger partial charge in [-0.3, -0.25) is 4.90 Å². The number of likely N-dealkylation sites (tertiary alicyclic amines) is 1. The van der Waals surface area contributed by atoms with Crippen molar-refractivity contribution in [2.24, 2.45) is 0 Å². The van der Waals surface area contributed by atoms with E-state index in [0.717, 1.165) is 55.4 Å². The summed E-state index contributed by atoms with van der Waals surface area (Å²) in [6.07, 6.45) is 3.43. The van der Waals surface area contributed by atoms with Gasteiger partial charge in [0, 0.05) is 46.5 Å². The molecule has 1 saturated carbocycles. The van der Waals surface area contributed by atoms with Crippen molar-refractivity contribution in [1.82, 2.24) is 25.0 Å². The van der Waals surface area contributed by atoms with E-state index >= 15 is 0 Å². The first-order valence-electron chi connectivity index (χ1n) is 12.8. The van der Waals surface area contributed by atoms with Crippen LogP contribution >= 0.6 is 0 Å². The third-order valence-electron chi connectivity index (χ3n) is 7.76. The lowest BCUT2D eigenvalue weighted by molar-refractivity contribution is -0.137. The minimum absolute atomic E-state index is 0.128. The number of alkyl halides is 3. The van der Waals surface area contributed by atoms with Gasteiger partial charge >= 0.3 is 6.18 Å². The highest BCUT2D eigenvalue weighted by molar-refractivity contribution is 5.97. The largest absolute Gasteiger partial charge is 0.419 e. The third kappa shape index (κ3) is 4.37. The molecule has 10 heteroatoms. The summed E-state index contributed by atoms with van der Waals surface area (Å²) in [5.41, 5.74) is 2.64. The van der Waals surface area contributed by atoms with E-state index in [0.29, 0.717) is 28.3 Å². The average molecular weight is 511 g/mol. The number of hydrogen-bond donors (Lipinski definition) is 2. The van der Waals surface area contributed by atoms with Crippen LogP contribution in [0.15, 0.2) is 35.1 Å². The molecular weight excluding hydrogens is 481 g/mol. The summed E-state index contributed by atoms with van der Waals surface area (Å²) in [6.45, 7) is 5.85. The molecule has 0 spiro atoms. The molecule has 0 radical (unpaired) electrons. The SMILES string of the molecule is Cc1noc(C)c1-c1ccc2c(-c3nc(N[C@H]4CCC[C@@H]4N4CCCC4)ncc3C(F)(F)F)c[nH]c2c1. The molecule has 1 aliphatic heterocycles. The molecule has 1 aliphatic carbocycles. The number of rotatable bonds is 5. The smallest absolute Gasteiger partial charge is 0.361 e. The summed E-state index contributed by atoms with van der Waals surface area (Å²) in [7, 11) is 0. The molecule has 4 aromatic rings. The Morgan fingerprint density at radius 2 is 1.92 bits per heavy atom. The summed E-state index contributed by atoms with van der Waals surface area (Å²) in [5.74, 6) is 0.925. The highest BCUT2D eigenvalue weighted by atomic mass is 19.4. The predicted molar refractivity (Wildman–Crippen MR) is 135 cm³/mol. The second kappa shape index (κ2) is 9.16. The van der Waals surface area contributed by atoms with Gasteiger partial charge in [-0.2, -0.15) is 13.2 Å². The van der Waals surface area contributed by atoms with Crippen molar-refractivity contribution in [3.8, 4) is 22.4 Å². The number of H-pyrrole nitrogens is 1. The second-order valence-electron chi connectivity index (χ2n) is 10.1. The van der Waals surface area contributed by atoms with Crippen LogP contribution in [0.3, 0.4) is 0 Å². The van der Waals surface area contributed by atoms with Gasteiger partial charge in [-0.25, -0.2) is 9.97 Å². The zero-order chi connectivity index (χ0) is 25.7. The first-order chi connectivity index (χ1) is 17.8. The second-order valence-corrected chi connectivity index (χ2v) is 10.1. The van der Waals surface area contributed by atoms with Crippen LogP contribution in [0.2, 0.25) is 0 Å². The molecule has 6 rings (SSSR count). The molecule has 0 bridgehead atoms. The van der Waals surface area contributed by atoms with E-state index in [1.165, 1.54) is 12.8 Å². The van der Waals surface area contributed by atoms with Crippen molar-refractivity contribution in [3.63, 3.8) is 0 Å². The lowest BCUT2D eigenvalue weighted by Crippen LogP contribution is -2.42. The molecular formula is C27H29F3N6O. The molecule has 1 aromatic carbocycles. The lowest BCUT2D eigenvalue weighted by Gasteiger charge is -2.29. The van der Waals surface area contributed by atoms with Crippen molar-refractivity contribution in [3.05, 3.63) is 47.6 Å². The molecule has 0 amide bonds. The van der Waals surface area contributed by atoms with E-state index in [1.807, 2.05) is 32.0 Å². The van der Waals surface area contributed by atoms with Crippen LogP contribution in [0.4, 0.5) is 19.1 Å². The monoisotopic (exact) mass is 510 g/mol. The number of hydrogen-bond acceptors (Lipinski definition) is 6. The number of anilines is 1. The molecule has 37 heavy (non-hydrogen) atoms. The van der Waals surface area contributed by atoms with Gasteiger partial charge in [0.05, 0.1) is 11.4 Å². The van der Waals surface area contributed by atoms with Gasteiger partial charge in [-0.15, -0.1) is 0 Å². The molecule has 3 aromatic heterocycles. The quantitative estimate of drug-likeness (QED) is 0.326. The van der Waals surface area contributed by atoms with Gasteiger partial charge in [0.1, 0.15) is 11.3 Å². The van der Waals surface area contributed by atoms with Crippen LogP contribution < -0.4 is 5.32 Å². The van der Waals surface area contributed by atoms with Crippen LogP contribution in [0.1, 0.15) is 49.1 Å². The Kier molecular flexibility index (Phi) is 5.94. The number of aromatic nitrogens is 4. The zero-order valence-corrected chi connectivity index (χ0v) is 20.8. The molecule has 1 saturated heterocycles.